The molecule has 2 saturated heterocycles. The lowest BCUT2D eigenvalue weighted by Gasteiger charge is -2.20. The fourth-order valence-electron chi connectivity index (χ4n) is 5.27. The molecule has 1 aromatic carbocycles. The molecular weight excluding hydrogens is 348 g/mol. The van der Waals surface area contributed by atoms with Crippen LogP contribution in [0.4, 0.5) is 0 Å². The zero-order valence-electron chi connectivity index (χ0n) is 16.8. The second kappa shape index (κ2) is 7.36. The summed E-state index contributed by atoms with van der Waals surface area (Å²) in [5, 5.41) is 8.36. The SMILES string of the molecule is CCc1ccc(-n2nc(C(=O)N3CC[C@@H]4CNC[C@@H]4CC3)c3c2CCC3)cc1. The first-order valence-electron chi connectivity index (χ1n) is 10.9. The van der Waals surface area contributed by atoms with Crippen molar-refractivity contribution in [2.24, 2.45) is 11.8 Å². The fraction of sp³-hybridized carbons (Fsp3) is 0.565. The third kappa shape index (κ3) is 3.06. The molecule has 0 unspecified atom stereocenters. The lowest BCUT2D eigenvalue weighted by Crippen LogP contribution is -2.33. The van der Waals surface area contributed by atoms with Gasteiger partial charge in [0.2, 0.25) is 0 Å². The molecule has 1 amide bonds. The highest BCUT2D eigenvalue weighted by molar-refractivity contribution is 5.94. The van der Waals surface area contributed by atoms with Gasteiger partial charge in [0.15, 0.2) is 5.69 Å². The maximum absolute atomic E-state index is 13.4. The highest BCUT2D eigenvalue weighted by atomic mass is 16.2. The van der Waals surface area contributed by atoms with Crippen LogP contribution >= 0.6 is 0 Å². The quantitative estimate of drug-likeness (QED) is 0.893. The molecule has 0 spiro atoms. The molecule has 0 bridgehead atoms. The van der Waals surface area contributed by atoms with Crippen molar-refractivity contribution in [3.05, 3.63) is 46.8 Å². The molecule has 1 N–H and O–H groups in total. The first-order chi connectivity index (χ1) is 13.7. The van der Waals surface area contributed by atoms with E-state index < -0.39 is 0 Å². The number of benzene rings is 1. The van der Waals surface area contributed by atoms with Gasteiger partial charge in [0.05, 0.1) is 5.69 Å². The van der Waals surface area contributed by atoms with E-state index >= 15 is 0 Å². The highest BCUT2D eigenvalue weighted by Gasteiger charge is 2.34. The normalized spacial score (nSPS) is 24.1. The molecule has 2 atom stereocenters. The second-order valence-electron chi connectivity index (χ2n) is 8.61. The minimum absolute atomic E-state index is 0.148. The summed E-state index contributed by atoms with van der Waals surface area (Å²) in [5.74, 6) is 1.62. The first-order valence-corrected chi connectivity index (χ1v) is 10.9. The van der Waals surface area contributed by atoms with Gasteiger partial charge in [0.25, 0.3) is 5.91 Å². The van der Waals surface area contributed by atoms with Crippen LogP contribution in [0.2, 0.25) is 0 Å². The van der Waals surface area contributed by atoms with Gasteiger partial charge in [-0.1, -0.05) is 19.1 Å². The van der Waals surface area contributed by atoms with Gasteiger partial charge in [-0.2, -0.15) is 5.10 Å². The van der Waals surface area contributed by atoms with Crippen LogP contribution in [0, 0.1) is 11.8 Å². The third-order valence-corrected chi connectivity index (χ3v) is 7.03. The Balaban J connectivity index is 1.43. The Morgan fingerprint density at radius 2 is 1.82 bits per heavy atom. The molecule has 2 aromatic rings. The Labute approximate surface area is 167 Å². The lowest BCUT2D eigenvalue weighted by molar-refractivity contribution is 0.0751. The van der Waals surface area contributed by atoms with Crippen molar-refractivity contribution < 1.29 is 4.79 Å². The summed E-state index contributed by atoms with van der Waals surface area (Å²) in [4.78, 5) is 15.5. The molecule has 1 aromatic heterocycles. The van der Waals surface area contributed by atoms with E-state index in [0.717, 1.165) is 82.2 Å². The zero-order valence-corrected chi connectivity index (χ0v) is 16.8. The average Bonchev–Trinajstić information content (AvgIpc) is 3.42. The Hall–Kier alpha value is -2.14. The van der Waals surface area contributed by atoms with E-state index in [1.807, 2.05) is 4.68 Å². The minimum atomic E-state index is 0.148. The maximum atomic E-state index is 13.4. The largest absolute Gasteiger partial charge is 0.337 e. The van der Waals surface area contributed by atoms with Gasteiger partial charge in [-0.3, -0.25) is 4.79 Å². The summed E-state index contributed by atoms with van der Waals surface area (Å²) in [7, 11) is 0. The van der Waals surface area contributed by atoms with Crippen molar-refractivity contribution in [2.45, 2.75) is 45.4 Å². The highest BCUT2D eigenvalue weighted by Crippen LogP contribution is 2.31. The molecule has 5 nitrogen and oxygen atoms in total. The number of fused-ring (bicyclic) bond motifs is 2. The van der Waals surface area contributed by atoms with Crippen LogP contribution in [0.3, 0.4) is 0 Å². The fourth-order valence-corrected chi connectivity index (χ4v) is 5.27. The summed E-state index contributed by atoms with van der Waals surface area (Å²) >= 11 is 0. The van der Waals surface area contributed by atoms with Crippen molar-refractivity contribution in [1.82, 2.24) is 20.0 Å². The summed E-state index contributed by atoms with van der Waals surface area (Å²) < 4.78 is 2.03. The predicted molar refractivity (Wildman–Crippen MR) is 110 cm³/mol. The molecule has 1 aliphatic carbocycles. The summed E-state index contributed by atoms with van der Waals surface area (Å²) in [6.07, 6.45) is 6.38. The molecule has 28 heavy (non-hydrogen) atoms. The Morgan fingerprint density at radius 1 is 1.11 bits per heavy atom. The number of aromatic nitrogens is 2. The van der Waals surface area contributed by atoms with Gasteiger partial charge in [-0.05, 0) is 81.1 Å². The summed E-state index contributed by atoms with van der Waals surface area (Å²) in [6, 6.07) is 8.61. The second-order valence-corrected chi connectivity index (χ2v) is 8.61. The average molecular weight is 379 g/mol. The third-order valence-electron chi connectivity index (χ3n) is 7.03. The first kappa shape index (κ1) is 17.9. The number of aryl methyl sites for hydroxylation is 1. The van der Waals surface area contributed by atoms with E-state index in [0.29, 0.717) is 5.69 Å². The standard InChI is InChI=1S/C23H30N4O/c1-2-16-6-8-19(9-7-16)27-21-5-3-4-20(21)22(25-27)23(28)26-12-10-17-14-24-15-18(17)11-13-26/h6-9,17-18,24H,2-5,10-15H2,1H3/t17-,18+. The number of hydrogen-bond acceptors (Lipinski definition) is 3. The van der Waals surface area contributed by atoms with Crippen LogP contribution in [0.15, 0.2) is 24.3 Å². The Bertz CT molecular complexity index is 855. The zero-order chi connectivity index (χ0) is 19.1. The summed E-state index contributed by atoms with van der Waals surface area (Å²) in [6.45, 7) is 6.14. The number of nitrogens with zero attached hydrogens (tertiary/aromatic N) is 3. The monoisotopic (exact) mass is 378 g/mol. The predicted octanol–water partition coefficient (Wildman–Crippen LogP) is 3.00. The van der Waals surface area contributed by atoms with Crippen molar-refractivity contribution >= 4 is 5.91 Å². The van der Waals surface area contributed by atoms with Crippen molar-refractivity contribution in [1.29, 1.82) is 0 Å². The van der Waals surface area contributed by atoms with Crippen LogP contribution < -0.4 is 5.32 Å². The number of amides is 1. The lowest BCUT2D eigenvalue weighted by atomic mass is 9.92. The van der Waals surface area contributed by atoms with Crippen molar-refractivity contribution in [2.75, 3.05) is 26.2 Å². The molecule has 2 aliphatic heterocycles. The van der Waals surface area contributed by atoms with Crippen molar-refractivity contribution in [3.8, 4) is 5.69 Å². The van der Waals surface area contributed by atoms with Gasteiger partial charge in [-0.15, -0.1) is 0 Å². The van der Waals surface area contributed by atoms with Crippen LogP contribution in [0.25, 0.3) is 5.69 Å². The van der Waals surface area contributed by atoms with Crippen LogP contribution in [0.5, 0.6) is 0 Å². The number of hydrogen-bond donors (Lipinski definition) is 1. The van der Waals surface area contributed by atoms with E-state index in [1.165, 1.54) is 16.8 Å². The molecule has 5 rings (SSSR count). The van der Waals surface area contributed by atoms with E-state index in [4.69, 9.17) is 5.10 Å². The molecule has 0 radical (unpaired) electrons. The van der Waals surface area contributed by atoms with E-state index in [9.17, 15) is 4.79 Å². The number of nitrogens with one attached hydrogen (secondary N) is 1. The molecule has 0 saturated carbocycles. The molecule has 3 heterocycles. The molecule has 2 fully saturated rings. The molecule has 3 aliphatic rings. The Morgan fingerprint density at radius 3 is 2.50 bits per heavy atom. The summed E-state index contributed by atoms with van der Waals surface area (Å²) in [5.41, 5.74) is 5.54. The minimum Gasteiger partial charge on any atom is -0.337 e. The number of carbonyl (C=O) groups excluding carboxylic acids is 1. The number of likely N-dealkylation sites (tertiary alicyclic amines) is 1. The van der Waals surface area contributed by atoms with Gasteiger partial charge >= 0.3 is 0 Å². The molecule has 148 valence electrons. The van der Waals surface area contributed by atoms with Crippen molar-refractivity contribution in [3.63, 3.8) is 0 Å². The Kier molecular flexibility index (Phi) is 4.71. The van der Waals surface area contributed by atoms with Crippen LogP contribution in [-0.2, 0) is 19.3 Å². The van der Waals surface area contributed by atoms with Gasteiger partial charge < -0.3 is 10.2 Å². The van der Waals surface area contributed by atoms with E-state index in [1.54, 1.807) is 0 Å². The molecule has 5 heteroatoms. The van der Waals surface area contributed by atoms with E-state index in [-0.39, 0.29) is 5.91 Å². The van der Waals surface area contributed by atoms with Gasteiger partial charge in [0, 0.05) is 24.3 Å². The van der Waals surface area contributed by atoms with Crippen LogP contribution in [0.1, 0.15) is 53.5 Å². The van der Waals surface area contributed by atoms with Gasteiger partial charge in [0.1, 0.15) is 0 Å². The van der Waals surface area contributed by atoms with Gasteiger partial charge in [-0.25, -0.2) is 4.68 Å². The number of carbonyl (C=O) groups is 1. The number of rotatable bonds is 3. The van der Waals surface area contributed by atoms with E-state index in [2.05, 4.69) is 41.4 Å². The van der Waals surface area contributed by atoms with Crippen LogP contribution in [-0.4, -0.2) is 46.8 Å². The topological polar surface area (TPSA) is 50.2 Å². The smallest absolute Gasteiger partial charge is 0.274 e. The maximum Gasteiger partial charge on any atom is 0.274 e. The molecular formula is C23H30N4O.